The summed E-state index contributed by atoms with van der Waals surface area (Å²) in [6.45, 7) is 11.9. The highest BCUT2D eigenvalue weighted by Gasteiger charge is 2.16. The molecule has 0 aliphatic carbocycles. The molecule has 0 aliphatic heterocycles. The molecule has 2 N–H and O–H groups in total. The molecule has 0 heterocycles. The van der Waals surface area contributed by atoms with Gasteiger partial charge in [0.15, 0.2) is 0 Å². The smallest absolute Gasteiger partial charge is 0.408 e. The average Bonchev–Trinajstić information content (AvgIpc) is 2.33. The monoisotopic (exact) mass is 303 g/mol. The lowest BCUT2D eigenvalue weighted by atomic mass is 9.86. The van der Waals surface area contributed by atoms with Crippen LogP contribution in [0.25, 0.3) is 0 Å². The molecule has 0 fully saturated rings. The number of phenols is 1. The quantitative estimate of drug-likeness (QED) is 0.780. The van der Waals surface area contributed by atoms with Crippen molar-refractivity contribution < 1.29 is 14.6 Å². The molecule has 0 saturated carbocycles. The van der Waals surface area contributed by atoms with Crippen molar-refractivity contribution in [3.63, 3.8) is 0 Å². The van der Waals surface area contributed by atoms with Crippen molar-refractivity contribution in [2.45, 2.75) is 52.6 Å². The van der Waals surface area contributed by atoms with E-state index < -0.39 is 11.7 Å². The highest BCUT2D eigenvalue weighted by molar-refractivity contribution is 5.68. The van der Waals surface area contributed by atoms with Gasteiger partial charge in [0.1, 0.15) is 11.4 Å². The van der Waals surface area contributed by atoms with E-state index in [9.17, 15) is 9.90 Å². The Kier molecular flexibility index (Phi) is 5.48. The van der Waals surface area contributed by atoms with Crippen molar-refractivity contribution in [1.82, 2.24) is 5.32 Å². The molecular weight excluding hydrogens is 278 g/mol. The van der Waals surface area contributed by atoms with Crippen LogP contribution in [-0.2, 0) is 10.2 Å². The van der Waals surface area contributed by atoms with E-state index in [1.54, 1.807) is 26.8 Å². The standard InChI is InChI=1S/C18H25NO3/c1-17(2,3)14-9-10-15(20)13(12-14)8-7-11-19-16(21)22-18(4,5)6/h9-10,12,20H,11H2,1-6H3,(H,19,21). The van der Waals surface area contributed by atoms with E-state index in [1.165, 1.54) is 0 Å². The van der Waals surface area contributed by atoms with Gasteiger partial charge in [-0.1, -0.05) is 38.7 Å². The zero-order valence-corrected chi connectivity index (χ0v) is 14.2. The lowest BCUT2D eigenvalue weighted by Gasteiger charge is -2.19. The molecule has 22 heavy (non-hydrogen) atoms. The minimum absolute atomic E-state index is 0.0150. The molecule has 0 spiro atoms. The van der Waals surface area contributed by atoms with Crippen LogP contribution in [0.4, 0.5) is 4.79 Å². The Morgan fingerprint density at radius 1 is 1.23 bits per heavy atom. The van der Waals surface area contributed by atoms with Gasteiger partial charge in [-0.15, -0.1) is 0 Å². The summed E-state index contributed by atoms with van der Waals surface area (Å²) in [5, 5.41) is 12.4. The Labute approximate surface area is 132 Å². The summed E-state index contributed by atoms with van der Waals surface area (Å²) in [5.74, 6) is 5.83. The summed E-state index contributed by atoms with van der Waals surface area (Å²) in [6.07, 6.45) is -0.505. The fourth-order valence-corrected chi connectivity index (χ4v) is 1.67. The minimum Gasteiger partial charge on any atom is -0.507 e. The number of amides is 1. The first-order valence-corrected chi connectivity index (χ1v) is 7.28. The van der Waals surface area contributed by atoms with Gasteiger partial charge >= 0.3 is 6.09 Å². The molecule has 0 aliphatic rings. The van der Waals surface area contributed by atoms with Crippen molar-refractivity contribution in [3.8, 4) is 17.6 Å². The van der Waals surface area contributed by atoms with E-state index in [1.807, 2.05) is 12.1 Å². The third kappa shape index (κ3) is 6.09. The summed E-state index contributed by atoms with van der Waals surface area (Å²) < 4.78 is 5.11. The summed E-state index contributed by atoms with van der Waals surface area (Å²) in [7, 11) is 0. The molecule has 0 unspecified atom stereocenters. The van der Waals surface area contributed by atoms with Crippen LogP contribution in [0.15, 0.2) is 18.2 Å². The van der Waals surface area contributed by atoms with Gasteiger partial charge in [-0.3, -0.25) is 0 Å². The first-order valence-electron chi connectivity index (χ1n) is 7.28. The first kappa shape index (κ1) is 17.9. The van der Waals surface area contributed by atoms with Crippen LogP contribution in [0.1, 0.15) is 52.7 Å². The molecule has 1 aromatic rings. The second kappa shape index (κ2) is 6.74. The number of phenolic OH excluding ortho intramolecular Hbond substituents is 1. The topological polar surface area (TPSA) is 58.6 Å². The summed E-state index contributed by atoms with van der Waals surface area (Å²) in [6, 6.07) is 5.40. The van der Waals surface area contributed by atoms with Crippen molar-refractivity contribution in [2.75, 3.05) is 6.54 Å². The first-order chi connectivity index (χ1) is 9.99. The highest BCUT2D eigenvalue weighted by Crippen LogP contribution is 2.26. The van der Waals surface area contributed by atoms with Crippen molar-refractivity contribution in [2.24, 2.45) is 0 Å². The summed E-state index contributed by atoms with van der Waals surface area (Å²) >= 11 is 0. The van der Waals surface area contributed by atoms with E-state index in [2.05, 4.69) is 37.9 Å². The highest BCUT2D eigenvalue weighted by atomic mass is 16.6. The fraction of sp³-hybridized carbons (Fsp3) is 0.500. The number of hydrogen-bond acceptors (Lipinski definition) is 3. The van der Waals surface area contributed by atoms with Crippen molar-refractivity contribution in [1.29, 1.82) is 0 Å². The molecule has 4 nitrogen and oxygen atoms in total. The fourth-order valence-electron chi connectivity index (χ4n) is 1.67. The number of aromatic hydroxyl groups is 1. The predicted octanol–water partition coefficient (Wildman–Crippen LogP) is 3.57. The Morgan fingerprint density at radius 3 is 2.41 bits per heavy atom. The van der Waals surface area contributed by atoms with Gasteiger partial charge in [-0.05, 0) is 43.9 Å². The number of hydrogen-bond donors (Lipinski definition) is 2. The van der Waals surface area contributed by atoms with Gasteiger partial charge in [-0.25, -0.2) is 4.79 Å². The van der Waals surface area contributed by atoms with Crippen LogP contribution in [0, 0.1) is 11.8 Å². The molecule has 0 saturated heterocycles. The molecule has 4 heteroatoms. The molecule has 0 atom stereocenters. The van der Waals surface area contributed by atoms with E-state index in [0.717, 1.165) is 5.56 Å². The zero-order chi connectivity index (χ0) is 17.0. The average molecular weight is 303 g/mol. The van der Waals surface area contributed by atoms with Gasteiger partial charge in [0.2, 0.25) is 0 Å². The molecular formula is C18H25NO3. The second-order valence-corrected chi connectivity index (χ2v) is 7.14. The molecule has 1 rings (SSSR count). The van der Waals surface area contributed by atoms with E-state index >= 15 is 0 Å². The Balaban J connectivity index is 2.71. The number of alkyl carbamates (subject to hydrolysis) is 1. The third-order valence-corrected chi connectivity index (χ3v) is 2.81. The molecule has 0 aromatic heterocycles. The summed E-state index contributed by atoms with van der Waals surface area (Å²) in [4.78, 5) is 11.5. The predicted molar refractivity (Wildman–Crippen MR) is 87.9 cm³/mol. The maximum absolute atomic E-state index is 11.5. The van der Waals surface area contributed by atoms with Crippen molar-refractivity contribution in [3.05, 3.63) is 29.3 Å². The molecule has 1 aromatic carbocycles. The Morgan fingerprint density at radius 2 is 1.86 bits per heavy atom. The minimum atomic E-state index is -0.531. The van der Waals surface area contributed by atoms with Crippen LogP contribution < -0.4 is 5.32 Å². The SMILES string of the molecule is CC(C)(C)OC(=O)NCC#Cc1cc(C(C)(C)C)ccc1O. The molecule has 1 amide bonds. The number of ether oxygens (including phenoxy) is 1. The van der Waals surface area contributed by atoms with E-state index in [0.29, 0.717) is 5.56 Å². The lowest BCUT2D eigenvalue weighted by Crippen LogP contribution is -2.32. The van der Waals surface area contributed by atoms with Crippen LogP contribution in [-0.4, -0.2) is 23.3 Å². The normalized spacial score (nSPS) is 11.4. The lowest BCUT2D eigenvalue weighted by molar-refractivity contribution is 0.0535. The van der Waals surface area contributed by atoms with Gasteiger partial charge < -0.3 is 15.2 Å². The number of rotatable bonds is 1. The van der Waals surface area contributed by atoms with E-state index in [4.69, 9.17) is 4.74 Å². The molecule has 0 radical (unpaired) electrons. The largest absolute Gasteiger partial charge is 0.507 e. The third-order valence-electron chi connectivity index (χ3n) is 2.81. The maximum atomic E-state index is 11.5. The Bertz CT molecular complexity index is 595. The van der Waals surface area contributed by atoms with Crippen LogP contribution in [0.2, 0.25) is 0 Å². The van der Waals surface area contributed by atoms with Crippen LogP contribution in [0.3, 0.4) is 0 Å². The summed E-state index contributed by atoms with van der Waals surface area (Å²) in [5.41, 5.74) is 1.10. The number of carbonyl (C=O) groups is 1. The van der Waals surface area contributed by atoms with Crippen molar-refractivity contribution >= 4 is 6.09 Å². The van der Waals surface area contributed by atoms with Gasteiger partial charge in [0.05, 0.1) is 12.1 Å². The second-order valence-electron chi connectivity index (χ2n) is 7.14. The number of carbonyl (C=O) groups excluding carboxylic acids is 1. The Hall–Kier alpha value is -2.15. The van der Waals surface area contributed by atoms with E-state index in [-0.39, 0.29) is 17.7 Å². The van der Waals surface area contributed by atoms with Gasteiger partial charge in [0, 0.05) is 0 Å². The molecule has 0 bridgehead atoms. The van der Waals surface area contributed by atoms with Crippen LogP contribution >= 0.6 is 0 Å². The number of nitrogens with one attached hydrogen (secondary N) is 1. The maximum Gasteiger partial charge on any atom is 0.408 e. The van der Waals surface area contributed by atoms with Gasteiger partial charge in [0.25, 0.3) is 0 Å². The molecule has 120 valence electrons. The van der Waals surface area contributed by atoms with Gasteiger partial charge in [-0.2, -0.15) is 0 Å². The zero-order valence-electron chi connectivity index (χ0n) is 14.2. The van der Waals surface area contributed by atoms with Crippen LogP contribution in [0.5, 0.6) is 5.75 Å². The number of benzene rings is 1.